The summed E-state index contributed by atoms with van der Waals surface area (Å²) >= 11 is 0. The molecular formula is C7H6FNO. The third kappa shape index (κ3) is 1.37. The predicted molar refractivity (Wildman–Crippen MR) is 34.2 cm³/mol. The van der Waals surface area contributed by atoms with Gasteiger partial charge in [-0.2, -0.15) is 4.39 Å². The zero-order chi connectivity index (χ0) is 10.1. The summed E-state index contributed by atoms with van der Waals surface area (Å²) in [4.78, 5) is 14.2. The maximum absolute atomic E-state index is 12.5. The van der Waals surface area contributed by atoms with Crippen LogP contribution < -0.4 is 0 Å². The lowest BCUT2D eigenvalue weighted by Gasteiger charge is -1.91. The van der Waals surface area contributed by atoms with Crippen LogP contribution >= 0.6 is 0 Å². The van der Waals surface area contributed by atoms with Crippen molar-refractivity contribution in [1.29, 1.82) is 0 Å². The van der Waals surface area contributed by atoms with Crippen LogP contribution in [0.4, 0.5) is 4.39 Å². The van der Waals surface area contributed by atoms with E-state index in [0.29, 0.717) is 0 Å². The number of halogens is 1. The van der Waals surface area contributed by atoms with Gasteiger partial charge in [-0.05, 0) is 12.1 Å². The average Bonchev–Trinajstić information content (AvgIpc) is 2.01. The smallest absolute Gasteiger partial charge is 0.213 e. The molecule has 1 aromatic rings. The van der Waals surface area contributed by atoms with Crippen LogP contribution in [0.15, 0.2) is 18.2 Å². The van der Waals surface area contributed by atoms with Gasteiger partial charge in [-0.25, -0.2) is 4.98 Å². The highest BCUT2D eigenvalue weighted by Gasteiger charge is 1.99. The first kappa shape index (κ1) is 3.81. The second-order valence-electron chi connectivity index (χ2n) is 1.67. The minimum atomic E-state index is -2.76. The topological polar surface area (TPSA) is 30.0 Å². The van der Waals surface area contributed by atoms with Crippen molar-refractivity contribution in [3.63, 3.8) is 0 Å². The molecule has 0 saturated carbocycles. The van der Waals surface area contributed by atoms with Crippen LogP contribution in [0.2, 0.25) is 0 Å². The molecule has 1 rings (SSSR count). The molecule has 0 aliphatic heterocycles. The number of rotatable bonds is 1. The number of carbonyl (C=O) groups is 1. The van der Waals surface area contributed by atoms with Crippen molar-refractivity contribution in [3.05, 3.63) is 29.8 Å². The van der Waals surface area contributed by atoms with E-state index in [1.165, 1.54) is 6.07 Å². The predicted octanol–water partition coefficient (Wildman–Crippen LogP) is 1.42. The Morgan fingerprint density at radius 1 is 1.80 bits per heavy atom. The monoisotopic (exact) mass is 142 g/mol. The minimum absolute atomic E-state index is 0.375. The summed E-state index contributed by atoms with van der Waals surface area (Å²) in [5.41, 5.74) is -0.375. The van der Waals surface area contributed by atoms with Crippen LogP contribution in [-0.4, -0.2) is 10.8 Å². The Kier molecular flexibility index (Phi) is 0.974. The Labute approximate surface area is 61.9 Å². The summed E-state index contributed by atoms with van der Waals surface area (Å²) in [6.07, 6.45) is 0. The first-order valence-corrected chi connectivity index (χ1v) is 2.58. The molecule has 1 aromatic heterocycles. The number of hydrogen-bond donors (Lipinski definition) is 0. The molecule has 0 atom stereocenters. The van der Waals surface area contributed by atoms with E-state index in [0.717, 1.165) is 12.1 Å². The summed E-state index contributed by atoms with van der Waals surface area (Å²) in [5, 5.41) is 0. The van der Waals surface area contributed by atoms with Gasteiger partial charge in [-0.1, -0.05) is 6.07 Å². The summed E-state index contributed by atoms with van der Waals surface area (Å²) < 4.78 is 32.8. The number of pyridine rings is 1. The van der Waals surface area contributed by atoms with E-state index >= 15 is 0 Å². The van der Waals surface area contributed by atoms with Gasteiger partial charge < -0.3 is 0 Å². The molecule has 1 heterocycles. The Hall–Kier alpha value is -1.25. The molecule has 0 unspecified atom stereocenters. The largest absolute Gasteiger partial charge is 0.293 e. The van der Waals surface area contributed by atoms with Gasteiger partial charge in [0.05, 0.1) is 0 Å². The van der Waals surface area contributed by atoms with Gasteiger partial charge in [-0.3, -0.25) is 4.79 Å². The van der Waals surface area contributed by atoms with E-state index < -0.39 is 18.6 Å². The third-order valence-electron chi connectivity index (χ3n) is 0.948. The van der Waals surface area contributed by atoms with Crippen molar-refractivity contribution < 1.29 is 13.3 Å². The third-order valence-corrected chi connectivity index (χ3v) is 0.948. The molecule has 0 amide bonds. The van der Waals surface area contributed by atoms with Crippen LogP contribution in [0.5, 0.6) is 0 Å². The second kappa shape index (κ2) is 2.56. The summed E-state index contributed by atoms with van der Waals surface area (Å²) in [6, 6.07) is 3.44. The van der Waals surface area contributed by atoms with Crippen LogP contribution in [-0.2, 0) is 0 Å². The fraction of sp³-hybridized carbons (Fsp3) is 0.143. The Morgan fingerprint density at radius 3 is 3.20 bits per heavy atom. The van der Waals surface area contributed by atoms with Gasteiger partial charge in [0, 0.05) is 11.0 Å². The second-order valence-corrected chi connectivity index (χ2v) is 1.67. The molecule has 0 saturated heterocycles. The lowest BCUT2D eigenvalue weighted by molar-refractivity contribution is 0.101. The van der Waals surface area contributed by atoms with E-state index in [9.17, 15) is 9.18 Å². The lowest BCUT2D eigenvalue weighted by atomic mass is 10.3. The molecular weight excluding hydrogens is 133 g/mol. The van der Waals surface area contributed by atoms with Gasteiger partial charge in [0.2, 0.25) is 5.95 Å². The SMILES string of the molecule is [2H]C([2H])([2H])C(=O)c1cccc(F)n1. The van der Waals surface area contributed by atoms with Gasteiger partial charge in [0.1, 0.15) is 5.69 Å². The summed E-state index contributed by atoms with van der Waals surface area (Å²) in [6.45, 7) is -2.76. The fourth-order valence-corrected chi connectivity index (χ4v) is 0.535. The van der Waals surface area contributed by atoms with E-state index in [1.54, 1.807) is 0 Å². The molecule has 10 heavy (non-hydrogen) atoms. The zero-order valence-corrected chi connectivity index (χ0v) is 4.97. The number of nitrogens with zero attached hydrogens (tertiary/aromatic N) is 1. The zero-order valence-electron chi connectivity index (χ0n) is 7.97. The average molecular weight is 142 g/mol. The molecule has 0 radical (unpaired) electrons. The summed E-state index contributed by atoms with van der Waals surface area (Å²) in [5.74, 6) is -2.01. The number of carbonyl (C=O) groups excluding carboxylic acids is 1. The quantitative estimate of drug-likeness (QED) is 0.438. The Balaban J connectivity index is 3.03. The normalized spacial score (nSPS) is 15.1. The molecule has 0 bridgehead atoms. The van der Waals surface area contributed by atoms with Gasteiger partial charge in [0.15, 0.2) is 5.78 Å². The van der Waals surface area contributed by atoms with Crippen molar-refractivity contribution in [2.45, 2.75) is 6.85 Å². The first-order chi connectivity index (χ1) is 5.91. The van der Waals surface area contributed by atoms with Crippen molar-refractivity contribution in [2.24, 2.45) is 0 Å². The highest BCUT2D eigenvalue weighted by atomic mass is 19.1. The molecule has 0 aliphatic rings. The molecule has 3 heteroatoms. The number of Topliss-reactive ketones (excluding diaryl/α,β-unsaturated/α-hetero) is 1. The maximum Gasteiger partial charge on any atom is 0.213 e. The van der Waals surface area contributed by atoms with Crippen LogP contribution in [0, 0.1) is 5.95 Å². The Bertz CT molecular complexity index is 337. The Morgan fingerprint density at radius 2 is 2.60 bits per heavy atom. The van der Waals surface area contributed by atoms with Crippen molar-refractivity contribution in [1.82, 2.24) is 4.98 Å². The van der Waals surface area contributed by atoms with Crippen molar-refractivity contribution >= 4 is 5.78 Å². The van der Waals surface area contributed by atoms with E-state index in [-0.39, 0.29) is 5.69 Å². The van der Waals surface area contributed by atoms with E-state index in [4.69, 9.17) is 4.11 Å². The lowest BCUT2D eigenvalue weighted by Crippen LogP contribution is -1.97. The molecule has 2 nitrogen and oxygen atoms in total. The minimum Gasteiger partial charge on any atom is -0.293 e. The van der Waals surface area contributed by atoms with Crippen LogP contribution in [0.25, 0.3) is 0 Å². The molecule has 0 aromatic carbocycles. The number of hydrogen-bond acceptors (Lipinski definition) is 2. The van der Waals surface area contributed by atoms with Gasteiger partial charge >= 0.3 is 0 Å². The molecule has 0 aliphatic carbocycles. The highest BCUT2D eigenvalue weighted by Crippen LogP contribution is 1.97. The van der Waals surface area contributed by atoms with E-state index in [2.05, 4.69) is 4.98 Å². The molecule has 0 N–H and O–H groups in total. The summed E-state index contributed by atoms with van der Waals surface area (Å²) in [7, 11) is 0. The maximum atomic E-state index is 12.5. The molecule has 52 valence electrons. The standard InChI is InChI=1S/C7H6FNO/c1-5(10)6-3-2-4-7(8)9-6/h2-4H,1H3/i1D3. The van der Waals surface area contributed by atoms with Crippen LogP contribution in [0.3, 0.4) is 0 Å². The molecule has 0 spiro atoms. The van der Waals surface area contributed by atoms with Gasteiger partial charge in [0.25, 0.3) is 0 Å². The van der Waals surface area contributed by atoms with Crippen molar-refractivity contribution in [3.8, 4) is 0 Å². The molecule has 0 fully saturated rings. The fourth-order valence-electron chi connectivity index (χ4n) is 0.535. The van der Waals surface area contributed by atoms with Gasteiger partial charge in [-0.15, -0.1) is 0 Å². The van der Waals surface area contributed by atoms with E-state index in [1.807, 2.05) is 0 Å². The number of aromatic nitrogens is 1. The van der Waals surface area contributed by atoms with Crippen molar-refractivity contribution in [2.75, 3.05) is 0 Å². The van der Waals surface area contributed by atoms with Crippen LogP contribution in [0.1, 0.15) is 21.5 Å². The first-order valence-electron chi connectivity index (χ1n) is 4.08. The number of ketones is 1. The highest BCUT2D eigenvalue weighted by molar-refractivity contribution is 5.91.